The number of benzene rings is 2. The monoisotopic (exact) mass is 596 g/mol. The molecule has 5 aromatic rings. The summed E-state index contributed by atoms with van der Waals surface area (Å²) >= 11 is 6.49. The van der Waals surface area contributed by atoms with Crippen LogP contribution >= 0.6 is 11.6 Å². The van der Waals surface area contributed by atoms with Gasteiger partial charge >= 0.3 is 0 Å². The molecule has 1 atom stereocenters. The molecule has 214 valence electrons. The van der Waals surface area contributed by atoms with Crippen LogP contribution in [-0.4, -0.2) is 61.1 Å². The lowest BCUT2D eigenvalue weighted by Crippen LogP contribution is -2.39. The summed E-state index contributed by atoms with van der Waals surface area (Å²) in [5.74, 6) is 1.85. The molecular weight excluding hydrogens is 568 g/mol. The summed E-state index contributed by atoms with van der Waals surface area (Å²) in [5, 5.41) is 33.8. The van der Waals surface area contributed by atoms with Crippen molar-refractivity contribution in [3.05, 3.63) is 72.0 Å². The van der Waals surface area contributed by atoms with Crippen molar-refractivity contribution < 1.29 is 23.4 Å². The van der Waals surface area contributed by atoms with Gasteiger partial charge < -0.3 is 20.3 Å². The molecule has 0 aliphatic rings. The zero-order valence-electron chi connectivity index (χ0n) is 22.8. The molecule has 0 aliphatic heterocycles. The minimum absolute atomic E-state index is 0.104. The van der Waals surface area contributed by atoms with Gasteiger partial charge in [-0.15, -0.1) is 0 Å². The number of ether oxygens (including phenoxy) is 1. The van der Waals surface area contributed by atoms with Crippen molar-refractivity contribution in [1.29, 1.82) is 0 Å². The van der Waals surface area contributed by atoms with Crippen LogP contribution in [0, 0.1) is 0 Å². The van der Waals surface area contributed by atoms with Crippen molar-refractivity contribution in [3.8, 4) is 22.8 Å². The van der Waals surface area contributed by atoms with E-state index in [9.17, 15) is 18.6 Å². The number of aromatic nitrogens is 5. The number of anilines is 2. The zero-order chi connectivity index (χ0) is 29.5. The van der Waals surface area contributed by atoms with Crippen molar-refractivity contribution in [1.82, 2.24) is 24.5 Å². The van der Waals surface area contributed by atoms with E-state index in [1.165, 1.54) is 30.7 Å². The van der Waals surface area contributed by atoms with Crippen molar-refractivity contribution in [2.75, 3.05) is 11.6 Å². The van der Waals surface area contributed by atoms with Gasteiger partial charge in [0.05, 0.1) is 27.8 Å². The lowest BCUT2D eigenvalue weighted by molar-refractivity contribution is -0.0566. The number of pyridine rings is 1. The number of nitrogens with zero attached hydrogens (tertiary/aromatic N) is 5. The van der Waals surface area contributed by atoms with Gasteiger partial charge in [-0.25, -0.2) is 8.42 Å². The summed E-state index contributed by atoms with van der Waals surface area (Å²) < 4.78 is 33.2. The number of sulfone groups is 1. The van der Waals surface area contributed by atoms with Gasteiger partial charge in [0, 0.05) is 42.7 Å². The summed E-state index contributed by atoms with van der Waals surface area (Å²) in [6, 6.07) is 15.1. The highest BCUT2D eigenvalue weighted by Gasteiger charge is 2.25. The number of nitrogens with one attached hydrogen (secondary N) is 1. The number of rotatable bonds is 9. The maximum absolute atomic E-state index is 11.9. The maximum atomic E-state index is 11.9. The first kappa shape index (κ1) is 28.6. The van der Waals surface area contributed by atoms with E-state index in [1.807, 2.05) is 6.07 Å². The number of aryl methyl sites for hydroxylation is 1. The molecule has 0 fully saturated rings. The molecule has 0 spiro atoms. The minimum Gasteiger partial charge on any atom is -0.455 e. The predicted octanol–water partition coefficient (Wildman–Crippen LogP) is 4.56. The van der Waals surface area contributed by atoms with E-state index in [0.29, 0.717) is 50.3 Å². The van der Waals surface area contributed by atoms with Gasteiger partial charge in [-0.05, 0) is 62.4 Å². The van der Waals surface area contributed by atoms with Crippen LogP contribution in [0.1, 0.15) is 13.8 Å². The highest BCUT2D eigenvalue weighted by atomic mass is 35.5. The van der Waals surface area contributed by atoms with E-state index in [-0.39, 0.29) is 11.4 Å². The summed E-state index contributed by atoms with van der Waals surface area (Å²) in [5.41, 5.74) is 0.614. The lowest BCUT2D eigenvalue weighted by Gasteiger charge is -2.24. The fourth-order valence-corrected chi connectivity index (χ4v) is 5.08. The quantitative estimate of drug-likeness (QED) is 0.223. The number of hydrogen-bond acceptors (Lipinski definition) is 9. The Hall–Kier alpha value is -3.97. The largest absolute Gasteiger partial charge is 0.455 e. The maximum Gasteiger partial charge on any atom is 0.175 e. The van der Waals surface area contributed by atoms with Crippen LogP contribution in [0.5, 0.6) is 11.5 Å². The standard InChI is InChI=1S/C28H29ClN6O5S/c1-28(2,37)23(36)16-35-13-11-24(32-35)31-27-20-14-17(25-21(29)6-5-12-30-25)15-22(26(20)34(3)33-27)40-18-7-9-19(10-8-18)41(4,38)39/h5-15,23,36-37H,16H2,1-4H3,(H,31,32,33). The molecule has 2 aromatic carbocycles. The SMILES string of the molecule is Cn1nc(Nc2ccn(CC(O)C(C)(C)O)n2)c2cc(-c3ncccc3Cl)cc(Oc3ccc(S(C)(=O)=O)cc3)c21. The van der Waals surface area contributed by atoms with E-state index in [1.54, 1.807) is 60.5 Å². The van der Waals surface area contributed by atoms with E-state index in [2.05, 4.69) is 20.5 Å². The van der Waals surface area contributed by atoms with Gasteiger partial charge in [-0.2, -0.15) is 10.2 Å². The van der Waals surface area contributed by atoms with Gasteiger partial charge in [-0.1, -0.05) is 11.6 Å². The number of aliphatic hydroxyl groups is 2. The summed E-state index contributed by atoms with van der Waals surface area (Å²) in [6.07, 6.45) is 3.47. The van der Waals surface area contributed by atoms with Crippen LogP contribution in [-0.2, 0) is 23.4 Å². The van der Waals surface area contributed by atoms with E-state index < -0.39 is 21.5 Å². The molecule has 0 aliphatic carbocycles. The Morgan fingerprint density at radius 3 is 2.51 bits per heavy atom. The van der Waals surface area contributed by atoms with Crippen LogP contribution < -0.4 is 10.1 Å². The Kier molecular flexibility index (Phi) is 7.51. The first-order valence-electron chi connectivity index (χ1n) is 12.6. The molecule has 3 aromatic heterocycles. The van der Waals surface area contributed by atoms with Gasteiger partial charge in [0.25, 0.3) is 0 Å². The number of aliphatic hydroxyl groups excluding tert-OH is 1. The van der Waals surface area contributed by atoms with Crippen LogP contribution in [0.2, 0.25) is 5.02 Å². The van der Waals surface area contributed by atoms with Gasteiger partial charge in [0.15, 0.2) is 27.2 Å². The van der Waals surface area contributed by atoms with Crippen LogP contribution in [0.15, 0.2) is 71.9 Å². The predicted molar refractivity (Wildman–Crippen MR) is 156 cm³/mol. The van der Waals surface area contributed by atoms with E-state index in [0.717, 1.165) is 6.26 Å². The first-order chi connectivity index (χ1) is 19.3. The smallest absolute Gasteiger partial charge is 0.175 e. The van der Waals surface area contributed by atoms with Crippen LogP contribution in [0.3, 0.4) is 0 Å². The Morgan fingerprint density at radius 2 is 1.85 bits per heavy atom. The highest BCUT2D eigenvalue weighted by Crippen LogP contribution is 2.39. The normalized spacial score (nSPS) is 13.0. The van der Waals surface area contributed by atoms with E-state index in [4.69, 9.17) is 16.3 Å². The molecule has 0 bridgehead atoms. The summed E-state index contributed by atoms with van der Waals surface area (Å²) in [4.78, 5) is 4.64. The molecule has 0 amide bonds. The number of halogens is 1. The van der Waals surface area contributed by atoms with Gasteiger partial charge in [0.1, 0.15) is 17.4 Å². The minimum atomic E-state index is -3.36. The Labute approximate surface area is 241 Å². The molecule has 0 saturated heterocycles. The fraction of sp³-hybridized carbons (Fsp3) is 0.250. The Morgan fingerprint density at radius 1 is 1.12 bits per heavy atom. The topological polar surface area (TPSA) is 144 Å². The summed E-state index contributed by atoms with van der Waals surface area (Å²) in [7, 11) is -1.58. The third-order valence-electron chi connectivity index (χ3n) is 6.48. The number of fused-ring (bicyclic) bond motifs is 1. The first-order valence-corrected chi connectivity index (χ1v) is 14.9. The third-order valence-corrected chi connectivity index (χ3v) is 7.91. The zero-order valence-corrected chi connectivity index (χ0v) is 24.3. The average molecular weight is 597 g/mol. The second-order valence-electron chi connectivity index (χ2n) is 10.2. The van der Waals surface area contributed by atoms with Crippen molar-refractivity contribution >= 4 is 44.0 Å². The molecule has 0 saturated carbocycles. The highest BCUT2D eigenvalue weighted by molar-refractivity contribution is 7.90. The molecule has 3 N–H and O–H groups in total. The Balaban J connectivity index is 1.56. The third kappa shape index (κ3) is 6.20. The van der Waals surface area contributed by atoms with Gasteiger partial charge in [0.2, 0.25) is 0 Å². The molecule has 1 unspecified atom stereocenters. The molecule has 5 rings (SSSR count). The van der Waals surface area contributed by atoms with Crippen molar-refractivity contribution in [2.45, 2.75) is 37.0 Å². The van der Waals surface area contributed by atoms with Crippen molar-refractivity contribution in [3.63, 3.8) is 0 Å². The van der Waals surface area contributed by atoms with Crippen molar-refractivity contribution in [2.24, 2.45) is 7.05 Å². The van der Waals surface area contributed by atoms with Crippen LogP contribution in [0.4, 0.5) is 11.6 Å². The summed E-state index contributed by atoms with van der Waals surface area (Å²) in [6.45, 7) is 3.17. The second-order valence-corrected chi connectivity index (χ2v) is 12.7. The van der Waals surface area contributed by atoms with E-state index >= 15 is 0 Å². The Bertz CT molecular complexity index is 1830. The molecule has 41 heavy (non-hydrogen) atoms. The average Bonchev–Trinajstić information content (AvgIpc) is 3.47. The fourth-order valence-electron chi connectivity index (χ4n) is 4.21. The lowest BCUT2D eigenvalue weighted by atomic mass is 10.0. The van der Waals surface area contributed by atoms with Gasteiger partial charge in [-0.3, -0.25) is 14.3 Å². The molecule has 11 nitrogen and oxygen atoms in total. The molecule has 13 heteroatoms. The second kappa shape index (κ2) is 10.8. The molecule has 0 radical (unpaired) electrons. The molecule has 3 heterocycles. The molecular formula is C28H29ClN6O5S. The number of hydrogen-bond donors (Lipinski definition) is 3. The van der Waals surface area contributed by atoms with Crippen LogP contribution in [0.25, 0.3) is 22.2 Å².